The molecule has 0 fully saturated rings. The Kier molecular flexibility index (Phi) is 33.1. The summed E-state index contributed by atoms with van der Waals surface area (Å²) in [7, 11) is 0. The molecule has 0 aliphatic heterocycles. The fraction of sp³-hybridized carbons (Fsp3) is 0.833. The predicted octanol–water partition coefficient (Wildman–Crippen LogP) is 5.05. The molecule has 0 nitrogen and oxygen atoms in total. The highest BCUT2D eigenvalue weighted by molar-refractivity contribution is 4.51. The highest BCUT2D eigenvalue weighted by Gasteiger charge is 1.88. The molecule has 0 saturated carbocycles. The Morgan fingerprint density at radius 2 is 1.58 bits per heavy atom. The van der Waals surface area contributed by atoms with Gasteiger partial charge in [-0.25, -0.2) is 0 Å². The van der Waals surface area contributed by atoms with Crippen LogP contribution in [0.3, 0.4) is 0 Å². The molecule has 0 atom stereocenters. The van der Waals surface area contributed by atoms with E-state index >= 15 is 0 Å². The minimum atomic E-state index is 0.903. The lowest BCUT2D eigenvalue weighted by molar-refractivity contribution is 0.550. The lowest BCUT2D eigenvalue weighted by Crippen LogP contribution is -1.83. The number of hydrogen-bond donors (Lipinski definition) is 0. The van der Waals surface area contributed by atoms with Crippen LogP contribution in [-0.4, -0.2) is 0 Å². The van der Waals surface area contributed by atoms with Gasteiger partial charge in [0, 0.05) is 0 Å². The highest BCUT2D eigenvalue weighted by Crippen LogP contribution is 2.04. The normalized spacial score (nSPS) is 7.58. The second-order valence-electron chi connectivity index (χ2n) is 2.94. The molecule has 0 heteroatoms. The van der Waals surface area contributed by atoms with Gasteiger partial charge in [-0.15, -0.1) is 6.58 Å². The van der Waals surface area contributed by atoms with Crippen molar-refractivity contribution in [3.8, 4) is 0 Å². The Bertz CT molecular complexity index is 53.1. The van der Waals surface area contributed by atoms with Crippen molar-refractivity contribution < 1.29 is 0 Å². The van der Waals surface area contributed by atoms with Crippen molar-refractivity contribution in [1.82, 2.24) is 0 Å². The fourth-order valence-corrected chi connectivity index (χ4v) is 0.612. The van der Waals surface area contributed by atoms with Crippen LogP contribution in [0.2, 0.25) is 0 Å². The first-order valence-electron chi connectivity index (χ1n) is 5.26. The second kappa shape index (κ2) is 22.4. The molecule has 0 bridgehead atoms. The second-order valence-corrected chi connectivity index (χ2v) is 2.94. The first-order chi connectivity index (χ1) is 5.68. The summed E-state index contributed by atoms with van der Waals surface area (Å²) >= 11 is 0. The van der Waals surface area contributed by atoms with E-state index in [1.807, 2.05) is 20.8 Å². The largest absolute Gasteiger partial charge is 0.103 e. The third kappa shape index (κ3) is 53.2. The quantitative estimate of drug-likeness (QED) is 0.522. The Hall–Kier alpha value is -0.260. The lowest BCUT2D eigenvalue weighted by Gasteiger charge is -1.98. The van der Waals surface area contributed by atoms with Crippen LogP contribution in [-0.2, 0) is 0 Å². The molecule has 0 saturated heterocycles. The number of allylic oxidation sites excluding steroid dienone is 1. The Morgan fingerprint density at radius 3 is 1.67 bits per heavy atom. The topological polar surface area (TPSA) is 0 Å². The molecule has 12 heavy (non-hydrogen) atoms. The van der Waals surface area contributed by atoms with Crippen molar-refractivity contribution >= 4 is 0 Å². The predicted molar refractivity (Wildman–Crippen MR) is 61.6 cm³/mol. The van der Waals surface area contributed by atoms with Crippen molar-refractivity contribution in [1.29, 1.82) is 0 Å². The minimum absolute atomic E-state index is 0.903. The van der Waals surface area contributed by atoms with Gasteiger partial charge in [0.25, 0.3) is 0 Å². The van der Waals surface area contributed by atoms with Crippen LogP contribution in [0.1, 0.15) is 60.8 Å². The number of hydrogen-bond acceptors (Lipinski definition) is 0. The SMILES string of the molecule is C=CC.CC.CCCCC(C)C. The zero-order chi connectivity index (χ0) is 10.4. The summed E-state index contributed by atoms with van der Waals surface area (Å²) in [4.78, 5) is 0. The van der Waals surface area contributed by atoms with Gasteiger partial charge in [0.15, 0.2) is 0 Å². The maximum atomic E-state index is 3.36. The van der Waals surface area contributed by atoms with Crippen LogP contribution in [0.15, 0.2) is 12.7 Å². The minimum Gasteiger partial charge on any atom is -0.103 e. The summed E-state index contributed by atoms with van der Waals surface area (Å²) < 4.78 is 0. The van der Waals surface area contributed by atoms with Crippen LogP contribution >= 0.6 is 0 Å². The molecule has 0 spiro atoms. The summed E-state index contributed by atoms with van der Waals surface area (Å²) in [5, 5.41) is 0. The van der Waals surface area contributed by atoms with Crippen molar-refractivity contribution in [2.75, 3.05) is 0 Å². The highest BCUT2D eigenvalue weighted by atomic mass is 13.9. The molecule has 76 valence electrons. The van der Waals surface area contributed by atoms with Gasteiger partial charge in [0.05, 0.1) is 0 Å². The first kappa shape index (κ1) is 17.7. The Morgan fingerprint density at radius 1 is 1.25 bits per heavy atom. The van der Waals surface area contributed by atoms with E-state index in [4.69, 9.17) is 0 Å². The van der Waals surface area contributed by atoms with Gasteiger partial charge in [0.1, 0.15) is 0 Å². The Balaban J connectivity index is -0.000000137. The van der Waals surface area contributed by atoms with Gasteiger partial charge < -0.3 is 0 Å². The van der Waals surface area contributed by atoms with Gasteiger partial charge in [-0.1, -0.05) is 60.0 Å². The average molecular weight is 172 g/mol. The molecule has 0 aromatic heterocycles. The Labute approximate surface area is 80.1 Å². The van der Waals surface area contributed by atoms with E-state index in [1.54, 1.807) is 6.08 Å². The maximum absolute atomic E-state index is 3.36. The summed E-state index contributed by atoms with van der Waals surface area (Å²) in [6.07, 6.45) is 5.90. The molecule has 0 aliphatic carbocycles. The van der Waals surface area contributed by atoms with Gasteiger partial charge in [-0.3, -0.25) is 0 Å². The summed E-state index contributed by atoms with van der Waals surface area (Å²) in [6, 6.07) is 0. The monoisotopic (exact) mass is 172 g/mol. The molecular formula is C12H28. The summed E-state index contributed by atoms with van der Waals surface area (Å²) in [6.45, 7) is 16.0. The molecule has 0 rings (SSSR count). The van der Waals surface area contributed by atoms with Gasteiger partial charge >= 0.3 is 0 Å². The van der Waals surface area contributed by atoms with E-state index in [2.05, 4.69) is 27.4 Å². The van der Waals surface area contributed by atoms with E-state index in [-0.39, 0.29) is 0 Å². The molecule has 0 amide bonds. The molecule has 0 radical (unpaired) electrons. The van der Waals surface area contributed by atoms with Crippen LogP contribution in [0.5, 0.6) is 0 Å². The lowest BCUT2D eigenvalue weighted by atomic mass is 10.1. The maximum Gasteiger partial charge on any atom is -0.0471 e. The van der Waals surface area contributed by atoms with Gasteiger partial charge in [-0.2, -0.15) is 0 Å². The third-order valence-electron chi connectivity index (χ3n) is 1.14. The van der Waals surface area contributed by atoms with E-state index < -0.39 is 0 Å². The molecule has 0 N–H and O–H groups in total. The molecule has 0 aromatic rings. The fourth-order valence-electron chi connectivity index (χ4n) is 0.612. The number of unbranched alkanes of at least 4 members (excludes halogenated alkanes) is 1. The average Bonchev–Trinajstić information content (AvgIpc) is 2.06. The molecule has 0 aromatic carbocycles. The number of rotatable bonds is 3. The third-order valence-corrected chi connectivity index (χ3v) is 1.14. The first-order valence-corrected chi connectivity index (χ1v) is 5.26. The van der Waals surface area contributed by atoms with Crippen molar-refractivity contribution in [3.05, 3.63) is 12.7 Å². The van der Waals surface area contributed by atoms with Crippen molar-refractivity contribution in [2.24, 2.45) is 5.92 Å². The standard InChI is InChI=1S/C7H16.C3H6.C2H6/c1-4-5-6-7(2)3;1-3-2;1-2/h7H,4-6H2,1-3H3;3H,1H2,2H3;1-2H3. The summed E-state index contributed by atoms with van der Waals surface area (Å²) in [5.41, 5.74) is 0. The van der Waals surface area contributed by atoms with E-state index in [9.17, 15) is 0 Å². The van der Waals surface area contributed by atoms with Crippen LogP contribution in [0, 0.1) is 5.92 Å². The molecule has 0 unspecified atom stereocenters. The molecular weight excluding hydrogens is 144 g/mol. The van der Waals surface area contributed by atoms with E-state index in [0.29, 0.717) is 0 Å². The van der Waals surface area contributed by atoms with E-state index in [0.717, 1.165) is 5.92 Å². The molecule has 0 heterocycles. The van der Waals surface area contributed by atoms with E-state index in [1.165, 1.54) is 19.3 Å². The van der Waals surface area contributed by atoms with Gasteiger partial charge in [0.2, 0.25) is 0 Å². The zero-order valence-electron chi connectivity index (χ0n) is 9.98. The summed E-state index contributed by atoms with van der Waals surface area (Å²) in [5.74, 6) is 0.903. The zero-order valence-corrected chi connectivity index (χ0v) is 9.98. The van der Waals surface area contributed by atoms with Gasteiger partial charge in [-0.05, 0) is 12.8 Å². The van der Waals surface area contributed by atoms with Crippen LogP contribution < -0.4 is 0 Å². The van der Waals surface area contributed by atoms with Crippen molar-refractivity contribution in [3.63, 3.8) is 0 Å². The molecule has 0 aliphatic rings. The smallest absolute Gasteiger partial charge is 0.0471 e. The van der Waals surface area contributed by atoms with Crippen molar-refractivity contribution in [2.45, 2.75) is 60.8 Å². The van der Waals surface area contributed by atoms with Crippen LogP contribution in [0.25, 0.3) is 0 Å². The van der Waals surface area contributed by atoms with Crippen LogP contribution in [0.4, 0.5) is 0 Å².